The van der Waals surface area contributed by atoms with Gasteiger partial charge in [-0.15, -0.1) is 0 Å². The standard InChI is InChI=1S/C16H14N6O4/c23-21(24)14-5-6-15(16(7-14)22(25)26)18-8-12-1-3-13(4-2-12)9-20-11-17-10-19-20/h1-7,10-11,18H,8-9H2. The highest BCUT2D eigenvalue weighted by molar-refractivity contribution is 5.65. The number of non-ortho nitro benzene ring substituents is 1. The van der Waals surface area contributed by atoms with Crippen molar-refractivity contribution in [3.05, 3.63) is 86.5 Å². The molecule has 0 saturated carbocycles. The van der Waals surface area contributed by atoms with Crippen LogP contribution in [-0.4, -0.2) is 24.6 Å². The van der Waals surface area contributed by atoms with Crippen molar-refractivity contribution in [3.63, 3.8) is 0 Å². The number of nitrogens with zero attached hydrogens (tertiary/aromatic N) is 5. The molecular weight excluding hydrogens is 340 g/mol. The summed E-state index contributed by atoms with van der Waals surface area (Å²) in [6, 6.07) is 11.2. The van der Waals surface area contributed by atoms with Gasteiger partial charge in [-0.1, -0.05) is 24.3 Å². The van der Waals surface area contributed by atoms with E-state index in [1.165, 1.54) is 18.5 Å². The van der Waals surface area contributed by atoms with E-state index in [0.29, 0.717) is 13.1 Å². The van der Waals surface area contributed by atoms with Gasteiger partial charge in [0.1, 0.15) is 18.3 Å². The highest BCUT2D eigenvalue weighted by atomic mass is 16.6. The normalized spacial score (nSPS) is 10.5. The van der Waals surface area contributed by atoms with Crippen LogP contribution < -0.4 is 5.32 Å². The van der Waals surface area contributed by atoms with Crippen LogP contribution in [0.3, 0.4) is 0 Å². The van der Waals surface area contributed by atoms with Crippen molar-refractivity contribution >= 4 is 17.1 Å². The second kappa shape index (κ2) is 7.38. The third-order valence-corrected chi connectivity index (χ3v) is 3.71. The van der Waals surface area contributed by atoms with E-state index >= 15 is 0 Å². The Bertz CT molecular complexity index is 924. The van der Waals surface area contributed by atoms with Crippen molar-refractivity contribution < 1.29 is 9.85 Å². The van der Waals surface area contributed by atoms with Crippen LogP contribution in [0.2, 0.25) is 0 Å². The molecule has 0 atom stereocenters. The van der Waals surface area contributed by atoms with E-state index in [0.717, 1.165) is 17.2 Å². The highest BCUT2D eigenvalue weighted by Crippen LogP contribution is 2.29. The second-order valence-electron chi connectivity index (χ2n) is 5.48. The average molecular weight is 354 g/mol. The number of rotatable bonds is 7. The van der Waals surface area contributed by atoms with E-state index in [1.54, 1.807) is 11.0 Å². The summed E-state index contributed by atoms with van der Waals surface area (Å²) in [7, 11) is 0. The largest absolute Gasteiger partial charge is 0.375 e. The zero-order valence-electron chi connectivity index (χ0n) is 13.5. The molecule has 0 spiro atoms. The SMILES string of the molecule is O=[N+]([O-])c1ccc(NCc2ccc(Cn3cncn3)cc2)c([N+](=O)[O-])c1. The molecule has 0 aliphatic rings. The van der Waals surface area contributed by atoms with Gasteiger partial charge < -0.3 is 5.32 Å². The van der Waals surface area contributed by atoms with Gasteiger partial charge in [0.15, 0.2) is 0 Å². The summed E-state index contributed by atoms with van der Waals surface area (Å²) >= 11 is 0. The molecule has 0 aliphatic carbocycles. The Morgan fingerprint density at radius 1 is 1.00 bits per heavy atom. The number of nitro benzene ring substituents is 2. The van der Waals surface area contributed by atoms with Gasteiger partial charge in [0.2, 0.25) is 0 Å². The Balaban J connectivity index is 1.68. The third kappa shape index (κ3) is 3.98. The molecule has 0 aliphatic heterocycles. The van der Waals surface area contributed by atoms with Crippen LogP contribution >= 0.6 is 0 Å². The van der Waals surface area contributed by atoms with Crippen LogP contribution in [0.1, 0.15) is 11.1 Å². The summed E-state index contributed by atoms with van der Waals surface area (Å²) in [6.07, 6.45) is 3.10. The molecule has 1 N–H and O–H groups in total. The van der Waals surface area contributed by atoms with Crippen molar-refractivity contribution in [3.8, 4) is 0 Å². The van der Waals surface area contributed by atoms with Gasteiger partial charge in [0.25, 0.3) is 11.4 Å². The number of aromatic nitrogens is 3. The predicted molar refractivity (Wildman–Crippen MR) is 92.6 cm³/mol. The van der Waals surface area contributed by atoms with Crippen LogP contribution in [0.4, 0.5) is 17.1 Å². The van der Waals surface area contributed by atoms with Gasteiger partial charge in [0, 0.05) is 12.6 Å². The molecule has 1 heterocycles. The van der Waals surface area contributed by atoms with Crippen LogP contribution in [0.25, 0.3) is 0 Å². The number of benzene rings is 2. The summed E-state index contributed by atoms with van der Waals surface area (Å²) in [4.78, 5) is 24.5. The second-order valence-corrected chi connectivity index (χ2v) is 5.48. The summed E-state index contributed by atoms with van der Waals surface area (Å²) in [6.45, 7) is 0.948. The Morgan fingerprint density at radius 2 is 1.73 bits per heavy atom. The molecule has 0 amide bonds. The van der Waals surface area contributed by atoms with Crippen molar-refractivity contribution in [2.24, 2.45) is 0 Å². The Labute approximate surface area is 147 Å². The molecule has 0 unspecified atom stereocenters. The maximum Gasteiger partial charge on any atom is 0.299 e. The minimum Gasteiger partial charge on any atom is -0.375 e. The monoisotopic (exact) mass is 354 g/mol. The third-order valence-electron chi connectivity index (χ3n) is 3.71. The van der Waals surface area contributed by atoms with Gasteiger partial charge in [0.05, 0.1) is 22.5 Å². The predicted octanol–water partition coefficient (Wildman–Crippen LogP) is 2.75. The van der Waals surface area contributed by atoms with Gasteiger partial charge in [-0.05, 0) is 17.2 Å². The van der Waals surface area contributed by atoms with E-state index in [2.05, 4.69) is 15.4 Å². The summed E-state index contributed by atoms with van der Waals surface area (Å²) in [5.41, 5.74) is 1.54. The summed E-state index contributed by atoms with van der Waals surface area (Å²) in [5.74, 6) is 0. The van der Waals surface area contributed by atoms with E-state index < -0.39 is 9.85 Å². The van der Waals surface area contributed by atoms with Crippen molar-refractivity contribution in [2.45, 2.75) is 13.1 Å². The Morgan fingerprint density at radius 3 is 2.35 bits per heavy atom. The summed E-state index contributed by atoms with van der Waals surface area (Å²) in [5, 5.41) is 28.9. The molecule has 10 nitrogen and oxygen atoms in total. The highest BCUT2D eigenvalue weighted by Gasteiger charge is 2.19. The molecule has 3 aromatic rings. The minimum absolute atomic E-state index is 0.229. The zero-order chi connectivity index (χ0) is 18.5. The molecule has 132 valence electrons. The summed E-state index contributed by atoms with van der Waals surface area (Å²) < 4.78 is 1.70. The molecule has 26 heavy (non-hydrogen) atoms. The van der Waals surface area contributed by atoms with Crippen LogP contribution in [0, 0.1) is 20.2 Å². The fourth-order valence-corrected chi connectivity index (χ4v) is 2.40. The quantitative estimate of drug-likeness (QED) is 0.510. The molecule has 0 fully saturated rings. The van der Waals surface area contributed by atoms with Crippen LogP contribution in [0.15, 0.2) is 55.1 Å². The minimum atomic E-state index is -0.662. The fraction of sp³-hybridized carbons (Fsp3) is 0.125. The van der Waals surface area contributed by atoms with Crippen LogP contribution in [0.5, 0.6) is 0 Å². The lowest BCUT2D eigenvalue weighted by atomic mass is 10.1. The van der Waals surface area contributed by atoms with Crippen molar-refractivity contribution in [1.29, 1.82) is 0 Å². The lowest BCUT2D eigenvalue weighted by Crippen LogP contribution is -2.04. The molecule has 2 aromatic carbocycles. The van der Waals surface area contributed by atoms with Crippen LogP contribution in [-0.2, 0) is 13.1 Å². The van der Waals surface area contributed by atoms with E-state index in [9.17, 15) is 20.2 Å². The molecule has 0 saturated heterocycles. The van der Waals surface area contributed by atoms with E-state index in [4.69, 9.17) is 0 Å². The number of nitrogens with one attached hydrogen (secondary N) is 1. The maximum absolute atomic E-state index is 11.1. The Hall–Kier alpha value is -3.82. The average Bonchev–Trinajstić information content (AvgIpc) is 3.14. The van der Waals surface area contributed by atoms with Gasteiger partial charge in [-0.2, -0.15) is 5.10 Å². The first-order valence-electron chi connectivity index (χ1n) is 7.60. The van der Waals surface area contributed by atoms with Crippen molar-refractivity contribution in [1.82, 2.24) is 14.8 Å². The molecular formula is C16H14N6O4. The molecule has 3 rings (SSSR count). The number of nitro groups is 2. The topological polar surface area (TPSA) is 129 Å². The molecule has 0 bridgehead atoms. The first-order chi connectivity index (χ1) is 12.5. The van der Waals surface area contributed by atoms with E-state index in [-0.39, 0.29) is 17.1 Å². The molecule has 10 heteroatoms. The Kier molecular flexibility index (Phi) is 4.83. The number of hydrogen-bond acceptors (Lipinski definition) is 7. The lowest BCUT2D eigenvalue weighted by molar-refractivity contribution is -0.393. The maximum atomic E-state index is 11.1. The first kappa shape index (κ1) is 17.0. The smallest absolute Gasteiger partial charge is 0.299 e. The number of hydrogen-bond donors (Lipinski definition) is 1. The molecule has 0 radical (unpaired) electrons. The van der Waals surface area contributed by atoms with Gasteiger partial charge in [-0.25, -0.2) is 9.67 Å². The lowest BCUT2D eigenvalue weighted by Gasteiger charge is -2.08. The van der Waals surface area contributed by atoms with Crippen molar-refractivity contribution in [2.75, 3.05) is 5.32 Å². The zero-order valence-corrected chi connectivity index (χ0v) is 13.5. The van der Waals surface area contributed by atoms with Gasteiger partial charge in [-0.3, -0.25) is 20.2 Å². The van der Waals surface area contributed by atoms with E-state index in [1.807, 2.05) is 24.3 Å². The van der Waals surface area contributed by atoms with Gasteiger partial charge >= 0.3 is 0 Å². The fourth-order valence-electron chi connectivity index (χ4n) is 2.40. The number of anilines is 1. The first-order valence-corrected chi connectivity index (χ1v) is 7.60. The molecule has 1 aromatic heterocycles.